The number of rotatable bonds is 8. The summed E-state index contributed by atoms with van der Waals surface area (Å²) in [5.74, 6) is 0. The van der Waals surface area contributed by atoms with Gasteiger partial charge in [0.05, 0.1) is 13.2 Å². The van der Waals surface area contributed by atoms with Crippen molar-refractivity contribution < 1.29 is 18.4 Å². The zero-order chi connectivity index (χ0) is 16.7. The Hall–Kier alpha value is -0.193. The summed E-state index contributed by atoms with van der Waals surface area (Å²) in [7, 11) is -4.38. The van der Waals surface area contributed by atoms with Gasteiger partial charge in [-0.25, -0.2) is 9.05 Å². The lowest BCUT2D eigenvalue weighted by molar-refractivity contribution is -0.214. The van der Waals surface area contributed by atoms with Gasteiger partial charge in [-0.05, 0) is 45.4 Å². The van der Waals surface area contributed by atoms with Gasteiger partial charge >= 0.3 is 0 Å². The Morgan fingerprint density at radius 2 is 1.62 bits per heavy atom. The topological polar surface area (TPSA) is 50.8 Å². The van der Waals surface area contributed by atoms with Crippen molar-refractivity contribution in [3.05, 3.63) is 23.2 Å². The van der Waals surface area contributed by atoms with E-state index < -0.39 is 17.0 Å². The maximum Gasteiger partial charge on any atom is 0.282 e. The first-order valence-electron chi connectivity index (χ1n) is 7.32. The van der Waals surface area contributed by atoms with Crippen LogP contribution in [0.5, 0.6) is 0 Å². The van der Waals surface area contributed by atoms with E-state index in [1.165, 1.54) is 0 Å². The van der Waals surface area contributed by atoms with Crippen molar-refractivity contribution in [1.82, 2.24) is 0 Å². The van der Waals surface area contributed by atoms with E-state index in [1.807, 2.05) is 19.9 Å². The second kappa shape index (κ2) is 9.06. The number of hydrogen-bond donors (Lipinski definition) is 0. The smallest absolute Gasteiger partial charge is 0.282 e. The van der Waals surface area contributed by atoms with E-state index in [4.69, 9.17) is 13.5 Å². The second-order valence-electron chi connectivity index (χ2n) is 6.02. The van der Waals surface area contributed by atoms with Crippen LogP contribution >= 0.6 is 7.94 Å². The highest BCUT2D eigenvalue weighted by molar-refractivity contribution is 7.63. The van der Waals surface area contributed by atoms with Crippen LogP contribution in [-0.4, -0.2) is 22.3 Å². The summed E-state index contributed by atoms with van der Waals surface area (Å²) in [6, 6.07) is 0. The molecule has 4 nitrogen and oxygen atoms in total. The van der Waals surface area contributed by atoms with Crippen molar-refractivity contribution in [2.45, 2.75) is 60.1 Å². The summed E-state index contributed by atoms with van der Waals surface area (Å²) in [4.78, 5) is 12.9. The minimum atomic E-state index is -3.32. The largest absolute Gasteiger partial charge is 0.627 e. The van der Waals surface area contributed by atoms with Crippen molar-refractivity contribution >= 4 is 17.0 Å². The summed E-state index contributed by atoms with van der Waals surface area (Å²) in [5.41, 5.74) is 1.02. The third-order valence-electron chi connectivity index (χ3n) is 2.76. The molecule has 0 heterocycles. The highest BCUT2D eigenvalue weighted by atomic mass is 31.2. The van der Waals surface area contributed by atoms with Crippen LogP contribution in [0.2, 0.25) is 11.6 Å². The van der Waals surface area contributed by atoms with E-state index in [9.17, 15) is 4.89 Å². The summed E-state index contributed by atoms with van der Waals surface area (Å²) in [5, 5.41) is 0.582. The minimum Gasteiger partial charge on any atom is -0.627 e. The van der Waals surface area contributed by atoms with Crippen molar-refractivity contribution in [2.75, 3.05) is 13.2 Å². The van der Waals surface area contributed by atoms with Gasteiger partial charge < -0.3 is 9.32 Å². The third kappa shape index (κ3) is 7.57. The molecule has 0 aromatic carbocycles. The molecule has 0 bridgehead atoms. The molecular weight excluding hydrogens is 303 g/mol. The second-order valence-corrected chi connectivity index (χ2v) is 10.9. The van der Waals surface area contributed by atoms with Gasteiger partial charge in [-0.2, -0.15) is 0 Å². The van der Waals surface area contributed by atoms with Crippen LogP contribution in [0.3, 0.4) is 0 Å². The van der Waals surface area contributed by atoms with Crippen LogP contribution in [0, 0.1) is 0 Å². The molecule has 0 fully saturated rings. The highest BCUT2D eigenvalue weighted by Crippen LogP contribution is 2.60. The van der Waals surface area contributed by atoms with Crippen LogP contribution in [0.25, 0.3) is 0 Å². The first-order chi connectivity index (χ1) is 9.56. The highest BCUT2D eigenvalue weighted by Gasteiger charge is 2.35. The van der Waals surface area contributed by atoms with Gasteiger partial charge in [-0.3, -0.25) is 0 Å². The third-order valence-corrected chi connectivity index (χ3v) is 7.41. The summed E-state index contributed by atoms with van der Waals surface area (Å²) < 4.78 is 16.7. The van der Waals surface area contributed by atoms with Crippen molar-refractivity contribution in [2.24, 2.45) is 0 Å². The quantitative estimate of drug-likeness (QED) is 0.285. The van der Waals surface area contributed by atoms with Crippen LogP contribution in [0.15, 0.2) is 23.2 Å². The molecule has 6 heteroatoms. The SMILES string of the molecule is CCO[P+]([O-])(OCC)/C(C=C(C)C)=C/O[Si](C)C(C)(C)C. The van der Waals surface area contributed by atoms with Gasteiger partial charge in [0, 0.05) is 0 Å². The first kappa shape index (κ1) is 20.8. The fraction of sp³-hybridized carbons (Fsp3) is 0.733. The van der Waals surface area contributed by atoms with Crippen LogP contribution < -0.4 is 4.89 Å². The molecule has 0 rings (SSSR count). The molecule has 1 radical (unpaired) electrons. The summed E-state index contributed by atoms with van der Waals surface area (Å²) >= 11 is 0. The van der Waals surface area contributed by atoms with Gasteiger partial charge in [0.15, 0.2) is 5.31 Å². The average molecular weight is 333 g/mol. The Morgan fingerprint density at radius 3 is 1.95 bits per heavy atom. The normalized spacial score (nSPS) is 13.5. The monoisotopic (exact) mass is 333 g/mol. The molecule has 0 aliphatic carbocycles. The molecule has 0 aliphatic heterocycles. The molecule has 0 amide bonds. The zero-order valence-electron chi connectivity index (χ0n) is 14.6. The van der Waals surface area contributed by atoms with Crippen LogP contribution in [-0.2, 0) is 13.5 Å². The molecule has 21 heavy (non-hydrogen) atoms. The van der Waals surface area contributed by atoms with Crippen molar-refractivity contribution in [1.29, 1.82) is 0 Å². The fourth-order valence-corrected chi connectivity index (χ4v) is 3.73. The Morgan fingerprint density at radius 1 is 1.14 bits per heavy atom. The molecule has 0 N–H and O–H groups in total. The number of allylic oxidation sites excluding steroid dienone is 3. The average Bonchev–Trinajstić information content (AvgIpc) is 2.32. The molecule has 123 valence electrons. The van der Waals surface area contributed by atoms with Crippen LogP contribution in [0.4, 0.5) is 0 Å². The van der Waals surface area contributed by atoms with Crippen LogP contribution in [0.1, 0.15) is 48.5 Å². The number of hydrogen-bond acceptors (Lipinski definition) is 4. The Labute approximate surface area is 132 Å². The lowest BCUT2D eigenvalue weighted by Crippen LogP contribution is -2.24. The molecular formula is C15H30O4PSi. The summed E-state index contributed by atoms with van der Waals surface area (Å²) in [6.45, 7) is 16.7. The van der Waals surface area contributed by atoms with Gasteiger partial charge in [-0.1, -0.05) is 26.3 Å². The van der Waals surface area contributed by atoms with Gasteiger partial charge in [0.25, 0.3) is 17.0 Å². The molecule has 0 aromatic heterocycles. The van der Waals surface area contributed by atoms with E-state index in [1.54, 1.807) is 20.1 Å². The van der Waals surface area contributed by atoms with E-state index >= 15 is 0 Å². The molecule has 0 aliphatic rings. The van der Waals surface area contributed by atoms with E-state index in [-0.39, 0.29) is 5.04 Å². The van der Waals surface area contributed by atoms with Gasteiger partial charge in [0.1, 0.15) is 6.26 Å². The fourth-order valence-electron chi connectivity index (χ4n) is 1.33. The lowest BCUT2D eigenvalue weighted by Gasteiger charge is -2.28. The molecule has 0 unspecified atom stereocenters. The molecule has 0 spiro atoms. The Kier molecular flexibility index (Phi) is 8.98. The molecule has 0 saturated carbocycles. The maximum atomic E-state index is 12.9. The van der Waals surface area contributed by atoms with E-state index in [0.29, 0.717) is 18.5 Å². The summed E-state index contributed by atoms with van der Waals surface area (Å²) in [6.07, 6.45) is 3.38. The van der Waals surface area contributed by atoms with Crippen molar-refractivity contribution in [3.8, 4) is 0 Å². The lowest BCUT2D eigenvalue weighted by atomic mass is 10.3. The maximum absolute atomic E-state index is 12.9. The van der Waals surface area contributed by atoms with Gasteiger partial charge in [0.2, 0.25) is 0 Å². The molecule has 0 atom stereocenters. The van der Waals surface area contributed by atoms with E-state index in [0.717, 1.165) is 5.57 Å². The van der Waals surface area contributed by atoms with Crippen molar-refractivity contribution in [3.63, 3.8) is 0 Å². The van der Waals surface area contributed by atoms with Gasteiger partial charge in [-0.15, -0.1) is 0 Å². The Balaban J connectivity index is 5.40. The Bertz CT molecular complexity index is 364. The molecule has 0 aromatic rings. The molecule has 0 saturated heterocycles. The standard InChI is InChI=1S/C15H30O4PSi/c1-9-17-20(16,18-10-2)14(11-13(3)4)12-19-21(8)15(5,6)7/h11-12H,9-10H2,1-8H3/b14-12+. The minimum absolute atomic E-state index is 0.0957. The first-order valence-corrected chi connectivity index (χ1v) is 10.8. The predicted octanol–water partition coefficient (Wildman–Crippen LogP) is 4.43. The predicted molar refractivity (Wildman–Crippen MR) is 90.1 cm³/mol. The van der Waals surface area contributed by atoms with E-state index in [2.05, 4.69) is 27.3 Å². The zero-order valence-corrected chi connectivity index (χ0v) is 16.5.